The summed E-state index contributed by atoms with van der Waals surface area (Å²) in [6.45, 7) is 6.26. The Morgan fingerprint density at radius 2 is 1.70 bits per heavy atom. The number of amides is 1. The average molecular weight is 502 g/mol. The van der Waals surface area contributed by atoms with Gasteiger partial charge in [-0.3, -0.25) is 9.79 Å². The fraction of sp³-hybridized carbons (Fsp3) is 0.529. The van der Waals surface area contributed by atoms with E-state index in [1.807, 2.05) is 20.8 Å². The first-order chi connectivity index (χ1) is 12.0. The third-order valence-electron chi connectivity index (χ3n) is 3.02. The maximum absolute atomic E-state index is 12.1. The molecule has 0 aliphatic carbocycles. The van der Waals surface area contributed by atoms with Gasteiger partial charge in [-0.25, -0.2) is 0 Å². The van der Waals surface area contributed by atoms with Crippen molar-refractivity contribution in [1.82, 2.24) is 16.0 Å². The molecule has 1 aromatic carbocycles. The van der Waals surface area contributed by atoms with Crippen molar-refractivity contribution in [2.24, 2.45) is 4.99 Å². The molecule has 0 bridgehead atoms. The van der Waals surface area contributed by atoms with Crippen LogP contribution in [0.5, 0.6) is 5.75 Å². The number of guanidine groups is 1. The lowest BCUT2D eigenvalue weighted by Gasteiger charge is -2.21. The highest BCUT2D eigenvalue weighted by atomic mass is 127. The number of nitrogens with zero attached hydrogens (tertiary/aromatic N) is 1. The van der Waals surface area contributed by atoms with Gasteiger partial charge in [-0.15, -0.1) is 37.1 Å². The van der Waals surface area contributed by atoms with Crippen LogP contribution in [0.3, 0.4) is 0 Å². The maximum atomic E-state index is 12.1. The third-order valence-corrected chi connectivity index (χ3v) is 3.02. The lowest BCUT2D eigenvalue weighted by Crippen LogP contribution is -2.48. The third kappa shape index (κ3) is 12.3. The number of alkyl halides is 3. The van der Waals surface area contributed by atoms with Crippen LogP contribution in [0.4, 0.5) is 13.2 Å². The van der Waals surface area contributed by atoms with Gasteiger partial charge in [0.2, 0.25) is 5.91 Å². The zero-order valence-corrected chi connectivity index (χ0v) is 18.1. The van der Waals surface area contributed by atoms with Crippen LogP contribution in [-0.4, -0.2) is 43.9 Å². The van der Waals surface area contributed by atoms with Crippen LogP contribution in [0.2, 0.25) is 0 Å². The van der Waals surface area contributed by atoms with Gasteiger partial charge in [0.05, 0.1) is 6.54 Å². The Hall–Kier alpha value is -1.72. The minimum Gasteiger partial charge on any atom is -0.406 e. The number of hydrogen-bond donors (Lipinski definition) is 3. The summed E-state index contributed by atoms with van der Waals surface area (Å²) in [4.78, 5) is 15.8. The summed E-state index contributed by atoms with van der Waals surface area (Å²) in [5.41, 5.74) is 0.533. The number of carbonyl (C=O) groups excluding carboxylic acids is 1. The lowest BCUT2D eigenvalue weighted by molar-refractivity contribution is -0.274. The van der Waals surface area contributed by atoms with Crippen molar-refractivity contribution in [1.29, 1.82) is 0 Å². The second-order valence-electron chi connectivity index (χ2n) is 6.59. The van der Waals surface area contributed by atoms with E-state index in [-0.39, 0.29) is 47.7 Å². The van der Waals surface area contributed by atoms with E-state index in [4.69, 9.17) is 0 Å². The molecule has 0 saturated carbocycles. The van der Waals surface area contributed by atoms with Gasteiger partial charge in [0.25, 0.3) is 0 Å². The number of benzene rings is 1. The molecule has 1 amide bonds. The largest absolute Gasteiger partial charge is 0.573 e. The van der Waals surface area contributed by atoms with Crippen LogP contribution in [0.25, 0.3) is 0 Å². The van der Waals surface area contributed by atoms with Crippen molar-refractivity contribution in [3.05, 3.63) is 29.8 Å². The van der Waals surface area contributed by atoms with Crippen molar-refractivity contribution in [2.75, 3.05) is 20.1 Å². The molecule has 1 aromatic rings. The highest BCUT2D eigenvalue weighted by Gasteiger charge is 2.30. The van der Waals surface area contributed by atoms with Crippen molar-refractivity contribution in [3.63, 3.8) is 0 Å². The van der Waals surface area contributed by atoms with E-state index in [9.17, 15) is 18.0 Å². The van der Waals surface area contributed by atoms with E-state index in [0.29, 0.717) is 18.9 Å². The summed E-state index contributed by atoms with van der Waals surface area (Å²) in [7, 11) is 1.58. The molecule has 0 saturated heterocycles. The average Bonchev–Trinajstić information content (AvgIpc) is 2.49. The summed E-state index contributed by atoms with van der Waals surface area (Å²) in [6, 6.07) is 5.67. The quantitative estimate of drug-likeness (QED) is 0.318. The number of hydrogen-bond acceptors (Lipinski definition) is 3. The molecule has 1 rings (SSSR count). The van der Waals surface area contributed by atoms with Crippen molar-refractivity contribution in [2.45, 2.75) is 39.1 Å². The van der Waals surface area contributed by atoms with E-state index in [2.05, 4.69) is 25.7 Å². The molecule has 10 heteroatoms. The van der Waals surface area contributed by atoms with Gasteiger partial charge < -0.3 is 20.7 Å². The van der Waals surface area contributed by atoms with Crippen molar-refractivity contribution in [3.8, 4) is 5.75 Å². The molecule has 0 fully saturated rings. The standard InChI is InChI=1S/C17H25F3N4O2.HI/c1-16(2,3)24-14(25)11-23-15(21-4)22-10-9-12-5-7-13(8-6-12)26-17(18,19)20;/h5-8H,9-11H2,1-4H3,(H,24,25)(H2,21,22,23);1H. The van der Waals surface area contributed by atoms with Crippen molar-refractivity contribution < 1.29 is 22.7 Å². The molecule has 27 heavy (non-hydrogen) atoms. The number of ether oxygens (including phenoxy) is 1. The summed E-state index contributed by atoms with van der Waals surface area (Å²) < 4.78 is 40.2. The summed E-state index contributed by atoms with van der Waals surface area (Å²) in [5.74, 6) is 0.0586. The normalized spacial score (nSPS) is 12.0. The highest BCUT2D eigenvalue weighted by molar-refractivity contribution is 14.0. The van der Waals surface area contributed by atoms with Crippen LogP contribution >= 0.6 is 24.0 Å². The fourth-order valence-corrected chi connectivity index (χ4v) is 2.03. The first-order valence-corrected chi connectivity index (χ1v) is 8.09. The minimum absolute atomic E-state index is 0. The molecule has 0 atom stereocenters. The maximum Gasteiger partial charge on any atom is 0.573 e. The van der Waals surface area contributed by atoms with Gasteiger partial charge >= 0.3 is 6.36 Å². The van der Waals surface area contributed by atoms with E-state index >= 15 is 0 Å². The van der Waals surface area contributed by atoms with Gasteiger partial charge in [0, 0.05) is 19.1 Å². The van der Waals surface area contributed by atoms with E-state index < -0.39 is 6.36 Å². The van der Waals surface area contributed by atoms with E-state index in [1.165, 1.54) is 12.1 Å². The Morgan fingerprint density at radius 3 is 2.19 bits per heavy atom. The first-order valence-electron chi connectivity index (χ1n) is 8.09. The highest BCUT2D eigenvalue weighted by Crippen LogP contribution is 2.22. The molecule has 6 nitrogen and oxygen atoms in total. The van der Waals surface area contributed by atoms with Gasteiger partial charge in [0.15, 0.2) is 5.96 Å². The zero-order chi connectivity index (χ0) is 19.8. The van der Waals surface area contributed by atoms with Crippen LogP contribution in [0, 0.1) is 0 Å². The summed E-state index contributed by atoms with van der Waals surface area (Å²) >= 11 is 0. The molecule has 0 aliphatic heterocycles. The Bertz CT molecular complexity index is 614. The van der Waals surface area contributed by atoms with Crippen LogP contribution in [0.15, 0.2) is 29.3 Å². The van der Waals surface area contributed by atoms with E-state index in [1.54, 1.807) is 19.2 Å². The Balaban J connectivity index is 0.00000676. The number of nitrogens with one attached hydrogen (secondary N) is 3. The Kier molecular flexibility index (Phi) is 10.5. The molecule has 0 radical (unpaired) electrons. The van der Waals surface area contributed by atoms with Crippen LogP contribution in [0.1, 0.15) is 26.3 Å². The second kappa shape index (κ2) is 11.2. The molecular formula is C17H26F3IN4O2. The molecule has 0 spiro atoms. The Morgan fingerprint density at radius 1 is 1.11 bits per heavy atom. The lowest BCUT2D eigenvalue weighted by atomic mass is 10.1. The molecule has 154 valence electrons. The SMILES string of the molecule is CN=C(NCCc1ccc(OC(F)(F)F)cc1)NCC(=O)NC(C)(C)C.I. The number of halogens is 4. The predicted octanol–water partition coefficient (Wildman–Crippen LogP) is 2.83. The van der Waals surface area contributed by atoms with E-state index in [0.717, 1.165) is 5.56 Å². The number of rotatable bonds is 6. The topological polar surface area (TPSA) is 74.8 Å². The molecular weight excluding hydrogens is 476 g/mol. The van der Waals surface area contributed by atoms with Gasteiger partial charge in [-0.1, -0.05) is 12.1 Å². The van der Waals surface area contributed by atoms with Gasteiger partial charge in [-0.2, -0.15) is 0 Å². The predicted molar refractivity (Wildman–Crippen MR) is 110 cm³/mol. The molecule has 3 N–H and O–H groups in total. The monoisotopic (exact) mass is 502 g/mol. The van der Waals surface area contributed by atoms with Crippen LogP contribution < -0.4 is 20.7 Å². The fourth-order valence-electron chi connectivity index (χ4n) is 2.03. The Labute approximate surface area is 174 Å². The van der Waals surface area contributed by atoms with Gasteiger partial charge in [0.1, 0.15) is 5.75 Å². The first kappa shape index (κ1) is 25.3. The van der Waals surface area contributed by atoms with Crippen molar-refractivity contribution >= 4 is 35.8 Å². The molecule has 0 unspecified atom stereocenters. The smallest absolute Gasteiger partial charge is 0.406 e. The summed E-state index contributed by atoms with van der Waals surface area (Å²) in [6.07, 6.45) is -4.12. The summed E-state index contributed by atoms with van der Waals surface area (Å²) in [5, 5.41) is 8.76. The molecule has 0 aromatic heterocycles. The zero-order valence-electron chi connectivity index (χ0n) is 15.7. The van der Waals surface area contributed by atoms with Gasteiger partial charge in [-0.05, 0) is 44.9 Å². The number of aliphatic imine (C=N–C) groups is 1. The number of carbonyl (C=O) groups is 1. The molecule has 0 heterocycles. The van der Waals surface area contributed by atoms with Crippen LogP contribution in [-0.2, 0) is 11.2 Å². The second-order valence-corrected chi connectivity index (χ2v) is 6.59. The minimum atomic E-state index is -4.69. The molecule has 0 aliphatic rings.